The average Bonchev–Trinajstić information content (AvgIpc) is 2.49. The van der Waals surface area contributed by atoms with Crippen molar-refractivity contribution in [2.45, 2.75) is 6.92 Å². The van der Waals surface area contributed by atoms with Gasteiger partial charge < -0.3 is 0 Å². The number of nitrogens with zero attached hydrogens (tertiary/aromatic N) is 3. The molecule has 0 aliphatic rings. The third-order valence-corrected chi connectivity index (χ3v) is 2.49. The number of imidazole rings is 1. The number of hydrogen-bond acceptors (Lipinski definition) is 2. The van der Waals surface area contributed by atoms with Crippen molar-refractivity contribution in [2.75, 3.05) is 0 Å². The van der Waals surface area contributed by atoms with Gasteiger partial charge in [0.2, 0.25) is 0 Å². The summed E-state index contributed by atoms with van der Waals surface area (Å²) >= 11 is 3.34. The molecule has 0 aromatic carbocycles. The van der Waals surface area contributed by atoms with E-state index < -0.39 is 0 Å². The van der Waals surface area contributed by atoms with E-state index in [2.05, 4.69) is 27.0 Å². The number of hydrogen-bond donors (Lipinski definition) is 0. The molecule has 0 bridgehead atoms. The summed E-state index contributed by atoms with van der Waals surface area (Å²) in [5, 5.41) is 8.94. The van der Waals surface area contributed by atoms with Crippen molar-refractivity contribution in [3.05, 3.63) is 34.2 Å². The average molecular weight is 236 g/mol. The minimum absolute atomic E-state index is 0.627. The summed E-state index contributed by atoms with van der Waals surface area (Å²) < 4.78 is 2.60. The Balaban J connectivity index is 2.99. The Bertz CT molecular complexity index is 507. The van der Waals surface area contributed by atoms with E-state index in [1.807, 2.05) is 19.1 Å². The molecule has 0 aliphatic carbocycles. The lowest BCUT2D eigenvalue weighted by atomic mass is 10.2. The first kappa shape index (κ1) is 8.27. The molecule has 2 aromatic heterocycles. The number of aryl methyl sites for hydroxylation is 1. The highest BCUT2D eigenvalue weighted by atomic mass is 79.9. The number of nitriles is 1. The zero-order valence-electron chi connectivity index (χ0n) is 6.95. The van der Waals surface area contributed by atoms with E-state index in [1.165, 1.54) is 0 Å². The van der Waals surface area contributed by atoms with Crippen LogP contribution in [0.1, 0.15) is 11.3 Å². The Labute approximate surface area is 83.8 Å². The Kier molecular flexibility index (Phi) is 1.82. The van der Waals surface area contributed by atoms with Crippen LogP contribution in [0.2, 0.25) is 0 Å². The molecule has 0 aliphatic heterocycles. The zero-order chi connectivity index (χ0) is 9.42. The maximum atomic E-state index is 8.94. The molecule has 0 saturated heterocycles. The van der Waals surface area contributed by atoms with Crippen molar-refractivity contribution < 1.29 is 0 Å². The molecular formula is C9H6BrN3. The first-order valence-electron chi connectivity index (χ1n) is 3.76. The quantitative estimate of drug-likeness (QED) is 0.704. The summed E-state index contributed by atoms with van der Waals surface area (Å²) in [7, 11) is 0. The standard InChI is InChI=1S/C9H6BrN3/c1-6-2-3-9-12-5-8(10)13(9)7(6)4-11/h2-3,5H,1H3. The molecular weight excluding hydrogens is 230 g/mol. The maximum absolute atomic E-state index is 8.94. The summed E-state index contributed by atoms with van der Waals surface area (Å²) in [5.74, 6) is 0. The van der Waals surface area contributed by atoms with Crippen LogP contribution in [0, 0.1) is 18.3 Å². The monoisotopic (exact) mass is 235 g/mol. The second kappa shape index (κ2) is 2.86. The molecule has 13 heavy (non-hydrogen) atoms. The molecule has 64 valence electrons. The van der Waals surface area contributed by atoms with Gasteiger partial charge in [-0.05, 0) is 34.5 Å². The molecule has 0 amide bonds. The summed E-state index contributed by atoms with van der Waals surface area (Å²) in [4.78, 5) is 4.13. The highest BCUT2D eigenvalue weighted by molar-refractivity contribution is 9.10. The summed E-state index contributed by atoms with van der Waals surface area (Å²) in [6.07, 6.45) is 1.69. The Morgan fingerprint density at radius 2 is 2.31 bits per heavy atom. The summed E-state index contributed by atoms with van der Waals surface area (Å²) in [6.45, 7) is 1.91. The minimum atomic E-state index is 0.627. The van der Waals surface area contributed by atoms with E-state index in [0.717, 1.165) is 15.8 Å². The molecule has 0 N–H and O–H groups in total. The Morgan fingerprint density at radius 3 is 3.00 bits per heavy atom. The third kappa shape index (κ3) is 1.12. The Hall–Kier alpha value is -1.34. The van der Waals surface area contributed by atoms with Gasteiger partial charge in [-0.25, -0.2) is 4.98 Å². The number of pyridine rings is 1. The van der Waals surface area contributed by atoms with Crippen molar-refractivity contribution in [1.82, 2.24) is 9.38 Å². The molecule has 2 rings (SSSR count). The van der Waals surface area contributed by atoms with Gasteiger partial charge in [-0.2, -0.15) is 5.26 Å². The van der Waals surface area contributed by atoms with Gasteiger partial charge in [0.15, 0.2) is 0 Å². The largest absolute Gasteiger partial charge is 0.277 e. The second-order valence-corrected chi connectivity index (χ2v) is 3.56. The number of fused-ring (bicyclic) bond motifs is 1. The van der Waals surface area contributed by atoms with Crippen LogP contribution in [0.3, 0.4) is 0 Å². The van der Waals surface area contributed by atoms with Gasteiger partial charge in [-0.1, -0.05) is 6.07 Å². The van der Waals surface area contributed by atoms with Crippen LogP contribution in [0.15, 0.2) is 22.9 Å². The number of aromatic nitrogens is 2. The molecule has 0 radical (unpaired) electrons. The van der Waals surface area contributed by atoms with Crippen molar-refractivity contribution in [3.63, 3.8) is 0 Å². The van der Waals surface area contributed by atoms with Crippen molar-refractivity contribution in [1.29, 1.82) is 5.26 Å². The lowest BCUT2D eigenvalue weighted by molar-refractivity contribution is 1.09. The smallest absolute Gasteiger partial charge is 0.138 e. The van der Waals surface area contributed by atoms with E-state index >= 15 is 0 Å². The predicted molar refractivity (Wildman–Crippen MR) is 52.3 cm³/mol. The third-order valence-electron chi connectivity index (χ3n) is 1.93. The van der Waals surface area contributed by atoms with E-state index in [0.29, 0.717) is 5.69 Å². The molecule has 0 saturated carbocycles. The van der Waals surface area contributed by atoms with Crippen LogP contribution in [0.25, 0.3) is 5.65 Å². The lowest BCUT2D eigenvalue weighted by Gasteiger charge is -2.01. The fourth-order valence-corrected chi connectivity index (χ4v) is 1.74. The van der Waals surface area contributed by atoms with E-state index in [9.17, 15) is 0 Å². The first-order chi connectivity index (χ1) is 6.24. The number of halogens is 1. The van der Waals surface area contributed by atoms with Crippen LogP contribution in [0.4, 0.5) is 0 Å². The summed E-state index contributed by atoms with van der Waals surface area (Å²) in [6, 6.07) is 5.94. The van der Waals surface area contributed by atoms with E-state index in [1.54, 1.807) is 10.6 Å². The molecule has 2 aromatic rings. The van der Waals surface area contributed by atoms with Gasteiger partial charge in [0, 0.05) is 0 Å². The molecule has 0 atom stereocenters. The highest BCUT2D eigenvalue weighted by Crippen LogP contribution is 2.17. The molecule has 3 nitrogen and oxygen atoms in total. The Morgan fingerprint density at radius 1 is 1.54 bits per heavy atom. The fraction of sp³-hybridized carbons (Fsp3) is 0.111. The van der Waals surface area contributed by atoms with Gasteiger partial charge >= 0.3 is 0 Å². The lowest BCUT2D eigenvalue weighted by Crippen LogP contribution is -1.95. The normalized spacial score (nSPS) is 10.2. The van der Waals surface area contributed by atoms with Gasteiger partial charge in [0.05, 0.1) is 6.20 Å². The van der Waals surface area contributed by atoms with Crippen molar-refractivity contribution in [3.8, 4) is 6.07 Å². The molecule has 0 spiro atoms. The maximum Gasteiger partial charge on any atom is 0.138 e. The molecule has 4 heteroatoms. The van der Waals surface area contributed by atoms with Gasteiger partial charge in [0.25, 0.3) is 0 Å². The van der Waals surface area contributed by atoms with Crippen LogP contribution in [-0.4, -0.2) is 9.38 Å². The van der Waals surface area contributed by atoms with Gasteiger partial charge in [0.1, 0.15) is 22.0 Å². The van der Waals surface area contributed by atoms with Gasteiger partial charge in [-0.3, -0.25) is 4.40 Å². The summed E-state index contributed by atoms with van der Waals surface area (Å²) in [5.41, 5.74) is 2.37. The van der Waals surface area contributed by atoms with Crippen LogP contribution < -0.4 is 0 Å². The SMILES string of the molecule is Cc1ccc2ncc(Br)n2c1C#N. The zero-order valence-corrected chi connectivity index (χ0v) is 8.54. The van der Waals surface area contributed by atoms with Crippen LogP contribution in [-0.2, 0) is 0 Å². The van der Waals surface area contributed by atoms with E-state index in [-0.39, 0.29) is 0 Å². The molecule has 0 unspecified atom stereocenters. The van der Waals surface area contributed by atoms with Crippen molar-refractivity contribution in [2.24, 2.45) is 0 Å². The molecule has 0 fully saturated rings. The van der Waals surface area contributed by atoms with E-state index in [4.69, 9.17) is 5.26 Å². The molecule has 2 heterocycles. The van der Waals surface area contributed by atoms with Crippen molar-refractivity contribution >= 4 is 21.6 Å². The first-order valence-corrected chi connectivity index (χ1v) is 4.56. The highest BCUT2D eigenvalue weighted by Gasteiger charge is 2.06. The predicted octanol–water partition coefficient (Wildman–Crippen LogP) is 2.28. The van der Waals surface area contributed by atoms with Gasteiger partial charge in [-0.15, -0.1) is 0 Å². The second-order valence-electron chi connectivity index (χ2n) is 2.75. The van der Waals surface area contributed by atoms with Crippen LogP contribution >= 0.6 is 15.9 Å². The topological polar surface area (TPSA) is 41.1 Å². The van der Waals surface area contributed by atoms with Crippen LogP contribution in [0.5, 0.6) is 0 Å². The minimum Gasteiger partial charge on any atom is -0.277 e. The fourth-order valence-electron chi connectivity index (χ4n) is 1.28. The number of rotatable bonds is 0.